The van der Waals surface area contributed by atoms with Gasteiger partial charge in [0.05, 0.1) is 23.4 Å². The van der Waals surface area contributed by atoms with E-state index in [0.717, 1.165) is 22.9 Å². The molecule has 5 rings (SSSR count). The van der Waals surface area contributed by atoms with E-state index in [0.29, 0.717) is 31.5 Å². The first kappa shape index (κ1) is 32.1. The van der Waals surface area contributed by atoms with E-state index in [2.05, 4.69) is 20.9 Å². The Morgan fingerprint density at radius 3 is 2.49 bits per heavy atom. The SMILES string of the molecule is CCC(=O)N[C@@H]1CCN(C)[C@H](C(=O)N2C[C@H](NC(=O)[C@H](O)CCc3ccccc3)C[C@H]2C(=O)Nc2cnc3ccccc3c2)C1. The molecule has 11 nitrogen and oxygen atoms in total. The van der Waals surface area contributed by atoms with Crippen LogP contribution in [0.3, 0.4) is 0 Å². The van der Waals surface area contributed by atoms with E-state index in [1.807, 2.05) is 72.6 Å². The molecule has 5 atom stereocenters. The second-order valence-corrected chi connectivity index (χ2v) is 12.0. The quantitative estimate of drug-likeness (QED) is 0.274. The maximum atomic E-state index is 14.1. The minimum Gasteiger partial charge on any atom is -0.383 e. The normalized spacial score (nSPS) is 22.5. The zero-order valence-corrected chi connectivity index (χ0v) is 25.8. The van der Waals surface area contributed by atoms with Gasteiger partial charge in [-0.15, -0.1) is 0 Å². The molecule has 4 amide bonds. The number of aliphatic hydroxyl groups is 1. The standard InChI is InChI=1S/C34H42N6O5/c1-3-31(42)36-24-15-16-39(2)29(18-24)34(45)40-21-26(38-33(44)30(41)14-13-22-9-5-4-6-10-22)19-28(40)32(43)37-25-17-23-11-7-8-12-27(23)35-20-25/h4-12,17,20,24,26,28-30,41H,3,13-16,18-19,21H2,1-2H3,(H,36,42)(H,37,43)(H,38,44)/t24-,26-,28+,29+,30-/m1/s1. The zero-order valence-electron chi connectivity index (χ0n) is 25.8. The van der Waals surface area contributed by atoms with Gasteiger partial charge in [-0.3, -0.25) is 29.1 Å². The van der Waals surface area contributed by atoms with Crippen molar-refractivity contribution in [2.24, 2.45) is 0 Å². The van der Waals surface area contributed by atoms with E-state index in [1.54, 1.807) is 13.1 Å². The van der Waals surface area contributed by atoms with E-state index in [9.17, 15) is 24.3 Å². The van der Waals surface area contributed by atoms with Crippen molar-refractivity contribution in [3.05, 3.63) is 72.4 Å². The summed E-state index contributed by atoms with van der Waals surface area (Å²) in [7, 11) is 1.87. The molecule has 2 aliphatic heterocycles. The number of aryl methyl sites for hydroxylation is 1. The van der Waals surface area contributed by atoms with Crippen molar-refractivity contribution in [1.29, 1.82) is 0 Å². The van der Waals surface area contributed by atoms with Gasteiger partial charge >= 0.3 is 0 Å². The van der Waals surface area contributed by atoms with Crippen molar-refractivity contribution < 1.29 is 24.3 Å². The zero-order chi connectivity index (χ0) is 31.9. The average molecular weight is 615 g/mol. The Labute approximate surface area is 263 Å². The Morgan fingerprint density at radius 2 is 1.71 bits per heavy atom. The minimum atomic E-state index is -1.22. The Balaban J connectivity index is 1.30. The fourth-order valence-electron chi connectivity index (χ4n) is 6.20. The molecule has 4 N–H and O–H groups in total. The fourth-order valence-corrected chi connectivity index (χ4v) is 6.20. The number of para-hydroxylation sites is 1. The number of carbonyl (C=O) groups excluding carboxylic acids is 4. The highest BCUT2D eigenvalue weighted by atomic mass is 16.3. The molecule has 2 saturated heterocycles. The molecule has 0 unspecified atom stereocenters. The molecule has 2 fully saturated rings. The van der Waals surface area contributed by atoms with Crippen LogP contribution in [0.2, 0.25) is 0 Å². The maximum Gasteiger partial charge on any atom is 0.249 e. The average Bonchev–Trinajstić information content (AvgIpc) is 3.48. The summed E-state index contributed by atoms with van der Waals surface area (Å²) in [4.78, 5) is 60.8. The second-order valence-electron chi connectivity index (χ2n) is 12.0. The Kier molecular flexibility index (Phi) is 10.4. The summed E-state index contributed by atoms with van der Waals surface area (Å²) in [5.74, 6) is -1.20. The summed E-state index contributed by atoms with van der Waals surface area (Å²) in [6.45, 7) is 2.53. The topological polar surface area (TPSA) is 144 Å². The third-order valence-corrected chi connectivity index (χ3v) is 8.78. The number of hydrogen-bond acceptors (Lipinski definition) is 7. The molecule has 3 heterocycles. The summed E-state index contributed by atoms with van der Waals surface area (Å²) in [6, 6.07) is 17.0. The van der Waals surface area contributed by atoms with Gasteiger partial charge in [-0.25, -0.2) is 0 Å². The largest absolute Gasteiger partial charge is 0.383 e. The van der Waals surface area contributed by atoms with Gasteiger partial charge in [0.15, 0.2) is 0 Å². The smallest absolute Gasteiger partial charge is 0.249 e. The monoisotopic (exact) mass is 614 g/mol. The molecule has 3 aromatic rings. The van der Waals surface area contributed by atoms with Gasteiger partial charge in [0.1, 0.15) is 12.1 Å². The van der Waals surface area contributed by atoms with Crippen LogP contribution in [-0.4, -0.2) is 93.9 Å². The van der Waals surface area contributed by atoms with Crippen LogP contribution in [-0.2, 0) is 25.6 Å². The number of nitrogens with zero attached hydrogens (tertiary/aromatic N) is 3. The molecule has 1 aromatic heterocycles. The number of amides is 4. The number of piperidine rings is 1. The summed E-state index contributed by atoms with van der Waals surface area (Å²) in [5, 5.41) is 20.3. The molecule has 0 radical (unpaired) electrons. The van der Waals surface area contributed by atoms with E-state index in [4.69, 9.17) is 0 Å². The number of aliphatic hydroxyl groups excluding tert-OH is 1. The number of aromatic nitrogens is 1. The minimum absolute atomic E-state index is 0.0632. The first-order valence-electron chi connectivity index (χ1n) is 15.7. The van der Waals surface area contributed by atoms with Crippen molar-refractivity contribution >= 4 is 40.2 Å². The van der Waals surface area contributed by atoms with Crippen LogP contribution in [0.5, 0.6) is 0 Å². The number of fused-ring (bicyclic) bond motifs is 1. The number of carbonyl (C=O) groups is 4. The summed E-state index contributed by atoms with van der Waals surface area (Å²) in [6.07, 6.45) is 2.86. The molecule has 0 spiro atoms. The van der Waals surface area contributed by atoms with Gasteiger partial charge in [0, 0.05) is 37.0 Å². The van der Waals surface area contributed by atoms with E-state index >= 15 is 0 Å². The van der Waals surface area contributed by atoms with Crippen LogP contribution in [0.1, 0.15) is 44.6 Å². The van der Waals surface area contributed by atoms with Gasteiger partial charge < -0.3 is 26.0 Å². The van der Waals surface area contributed by atoms with Crippen molar-refractivity contribution in [2.75, 3.05) is 25.5 Å². The van der Waals surface area contributed by atoms with Crippen LogP contribution in [0.4, 0.5) is 5.69 Å². The highest BCUT2D eigenvalue weighted by Crippen LogP contribution is 2.26. The van der Waals surface area contributed by atoms with Crippen LogP contribution in [0.25, 0.3) is 10.9 Å². The molecular weight excluding hydrogens is 572 g/mol. The number of rotatable bonds is 10. The number of benzene rings is 2. The van der Waals surface area contributed by atoms with Crippen molar-refractivity contribution in [2.45, 2.75) is 75.7 Å². The highest BCUT2D eigenvalue weighted by Gasteiger charge is 2.44. The lowest BCUT2D eigenvalue weighted by molar-refractivity contribution is -0.142. The Morgan fingerprint density at radius 1 is 0.978 bits per heavy atom. The van der Waals surface area contributed by atoms with E-state index < -0.39 is 30.1 Å². The lowest BCUT2D eigenvalue weighted by Crippen LogP contribution is -2.57. The lowest BCUT2D eigenvalue weighted by Gasteiger charge is -2.39. The second kappa shape index (κ2) is 14.6. The van der Waals surface area contributed by atoms with Gasteiger partial charge in [0.25, 0.3) is 0 Å². The number of likely N-dealkylation sites (N-methyl/N-ethyl adjacent to an activating group) is 1. The van der Waals surface area contributed by atoms with Crippen molar-refractivity contribution in [3.8, 4) is 0 Å². The van der Waals surface area contributed by atoms with Crippen molar-refractivity contribution in [3.63, 3.8) is 0 Å². The van der Waals surface area contributed by atoms with Crippen LogP contribution >= 0.6 is 0 Å². The molecule has 238 valence electrons. The molecule has 2 aliphatic rings. The van der Waals surface area contributed by atoms with Gasteiger partial charge in [0.2, 0.25) is 23.6 Å². The maximum absolute atomic E-state index is 14.1. The first-order valence-corrected chi connectivity index (χ1v) is 15.7. The lowest BCUT2D eigenvalue weighted by atomic mass is 9.96. The van der Waals surface area contributed by atoms with Gasteiger partial charge in [-0.05, 0) is 56.8 Å². The Hall–Kier alpha value is -4.35. The molecule has 0 bridgehead atoms. The predicted molar refractivity (Wildman–Crippen MR) is 171 cm³/mol. The molecule has 0 aliphatic carbocycles. The fraction of sp³-hybridized carbons (Fsp3) is 0.441. The van der Waals surface area contributed by atoms with Crippen LogP contribution in [0, 0.1) is 0 Å². The molecule has 11 heteroatoms. The third-order valence-electron chi connectivity index (χ3n) is 8.78. The molecule has 2 aromatic carbocycles. The number of nitrogens with one attached hydrogen (secondary N) is 3. The van der Waals surface area contributed by atoms with E-state index in [-0.39, 0.29) is 43.1 Å². The third kappa shape index (κ3) is 8.03. The first-order chi connectivity index (χ1) is 21.7. The Bertz CT molecular complexity index is 1520. The van der Waals surface area contributed by atoms with Gasteiger partial charge in [-0.2, -0.15) is 0 Å². The molecule has 45 heavy (non-hydrogen) atoms. The van der Waals surface area contributed by atoms with Crippen molar-refractivity contribution in [1.82, 2.24) is 25.4 Å². The summed E-state index contributed by atoms with van der Waals surface area (Å²) in [5.41, 5.74) is 2.32. The van der Waals surface area contributed by atoms with Crippen LogP contribution in [0.15, 0.2) is 66.9 Å². The number of anilines is 1. The predicted octanol–water partition coefficient (Wildman–Crippen LogP) is 2.24. The number of hydrogen-bond donors (Lipinski definition) is 4. The highest BCUT2D eigenvalue weighted by molar-refractivity contribution is 5.99. The number of likely N-dealkylation sites (tertiary alicyclic amines) is 2. The summed E-state index contributed by atoms with van der Waals surface area (Å²) >= 11 is 0. The van der Waals surface area contributed by atoms with Crippen LogP contribution < -0.4 is 16.0 Å². The molecule has 0 saturated carbocycles. The number of pyridine rings is 1. The summed E-state index contributed by atoms with van der Waals surface area (Å²) < 4.78 is 0. The van der Waals surface area contributed by atoms with Gasteiger partial charge in [-0.1, -0.05) is 55.5 Å². The molecular formula is C34H42N6O5. The van der Waals surface area contributed by atoms with E-state index in [1.165, 1.54) is 4.90 Å².